The fraction of sp³-hybridized carbons (Fsp3) is 0.0476. The Bertz CT molecular complexity index is 1160. The van der Waals surface area contributed by atoms with Crippen molar-refractivity contribution in [2.45, 2.75) is 6.54 Å². The summed E-state index contributed by atoms with van der Waals surface area (Å²) >= 11 is 0. The molecule has 0 amide bonds. The van der Waals surface area contributed by atoms with Crippen LogP contribution in [-0.4, -0.2) is 19.5 Å². The maximum Gasteiger partial charge on any atom is 0.220 e. The van der Waals surface area contributed by atoms with E-state index >= 15 is 0 Å². The van der Waals surface area contributed by atoms with E-state index < -0.39 is 0 Å². The van der Waals surface area contributed by atoms with Gasteiger partial charge in [-0.25, -0.2) is 19.3 Å². The predicted octanol–water partition coefficient (Wildman–Crippen LogP) is 3.65. The fourth-order valence-corrected chi connectivity index (χ4v) is 2.98. The van der Waals surface area contributed by atoms with Crippen LogP contribution in [0.5, 0.6) is 0 Å². The summed E-state index contributed by atoms with van der Waals surface area (Å²) in [6.45, 7) is 0.527. The number of aromatic nitrogens is 4. The Hall–Kier alpha value is -4.05. The van der Waals surface area contributed by atoms with E-state index in [-0.39, 0.29) is 11.8 Å². The van der Waals surface area contributed by atoms with Crippen molar-refractivity contribution in [1.29, 1.82) is 5.26 Å². The molecule has 7 heteroatoms. The summed E-state index contributed by atoms with van der Waals surface area (Å²) in [4.78, 5) is 12.8. The molecule has 0 spiro atoms. The van der Waals surface area contributed by atoms with Crippen LogP contribution in [0.15, 0.2) is 67.1 Å². The molecule has 2 N–H and O–H groups in total. The van der Waals surface area contributed by atoms with Crippen molar-refractivity contribution < 1.29 is 4.39 Å². The second-order valence-electron chi connectivity index (χ2n) is 6.19. The van der Waals surface area contributed by atoms with Crippen LogP contribution >= 0.6 is 0 Å². The van der Waals surface area contributed by atoms with Crippen molar-refractivity contribution in [1.82, 2.24) is 19.5 Å². The standard InChI is InChI=1S/C21H15FN6/c22-17-7-5-16(6-8-17)19-20(18-9-10-25-21(24)27-18)28(13-26-19)12-15-3-1-14(11-23)2-4-15/h1-10,13H,12H2,(H2,24,25,27). The minimum absolute atomic E-state index is 0.161. The Morgan fingerprint density at radius 3 is 2.43 bits per heavy atom. The minimum Gasteiger partial charge on any atom is -0.368 e. The van der Waals surface area contributed by atoms with E-state index in [2.05, 4.69) is 21.0 Å². The predicted molar refractivity (Wildman–Crippen MR) is 103 cm³/mol. The Labute approximate surface area is 160 Å². The van der Waals surface area contributed by atoms with Crippen molar-refractivity contribution in [2.24, 2.45) is 0 Å². The van der Waals surface area contributed by atoms with Gasteiger partial charge in [-0.05, 0) is 48.0 Å². The summed E-state index contributed by atoms with van der Waals surface area (Å²) in [5.74, 6) is -0.151. The van der Waals surface area contributed by atoms with Gasteiger partial charge in [-0.15, -0.1) is 0 Å². The van der Waals surface area contributed by atoms with Gasteiger partial charge >= 0.3 is 0 Å². The number of benzene rings is 2. The van der Waals surface area contributed by atoms with Crippen LogP contribution in [0.25, 0.3) is 22.6 Å². The SMILES string of the molecule is N#Cc1ccc(Cn2cnc(-c3ccc(F)cc3)c2-c2ccnc(N)n2)cc1. The second kappa shape index (κ2) is 7.29. The fourth-order valence-electron chi connectivity index (χ4n) is 2.98. The normalized spacial score (nSPS) is 10.6. The third-order valence-corrected chi connectivity index (χ3v) is 4.31. The van der Waals surface area contributed by atoms with Crippen molar-refractivity contribution in [3.63, 3.8) is 0 Å². The molecule has 2 heterocycles. The summed E-state index contributed by atoms with van der Waals surface area (Å²) in [5.41, 5.74) is 10.2. The quantitative estimate of drug-likeness (QED) is 0.592. The van der Waals surface area contributed by atoms with E-state index in [1.54, 1.807) is 42.9 Å². The number of hydrogen-bond acceptors (Lipinski definition) is 5. The Balaban J connectivity index is 1.81. The molecule has 136 valence electrons. The number of imidazole rings is 1. The highest BCUT2D eigenvalue weighted by molar-refractivity contribution is 5.77. The van der Waals surface area contributed by atoms with Gasteiger partial charge in [0.05, 0.1) is 35.0 Å². The van der Waals surface area contributed by atoms with Gasteiger partial charge in [0.25, 0.3) is 0 Å². The molecule has 0 aliphatic heterocycles. The highest BCUT2D eigenvalue weighted by atomic mass is 19.1. The third-order valence-electron chi connectivity index (χ3n) is 4.31. The lowest BCUT2D eigenvalue weighted by Gasteiger charge is -2.11. The van der Waals surface area contributed by atoms with Gasteiger partial charge in [0.2, 0.25) is 5.95 Å². The molecule has 0 unspecified atom stereocenters. The number of hydrogen-bond donors (Lipinski definition) is 1. The molecule has 2 aromatic carbocycles. The zero-order valence-electron chi connectivity index (χ0n) is 14.7. The van der Waals surface area contributed by atoms with Crippen LogP contribution in [0.4, 0.5) is 10.3 Å². The molecule has 0 bridgehead atoms. The molecule has 0 atom stereocenters. The van der Waals surface area contributed by atoms with E-state index in [1.165, 1.54) is 12.1 Å². The Morgan fingerprint density at radius 2 is 1.75 bits per heavy atom. The average molecular weight is 370 g/mol. The minimum atomic E-state index is -0.311. The van der Waals surface area contributed by atoms with Crippen LogP contribution in [-0.2, 0) is 6.54 Å². The van der Waals surface area contributed by atoms with E-state index in [9.17, 15) is 4.39 Å². The van der Waals surface area contributed by atoms with Crippen LogP contribution in [0.3, 0.4) is 0 Å². The molecule has 6 nitrogen and oxygen atoms in total. The monoisotopic (exact) mass is 370 g/mol. The van der Waals surface area contributed by atoms with E-state index in [0.717, 1.165) is 16.8 Å². The van der Waals surface area contributed by atoms with Gasteiger partial charge in [0.15, 0.2) is 0 Å². The van der Waals surface area contributed by atoms with Gasteiger partial charge in [-0.2, -0.15) is 5.26 Å². The first-order chi connectivity index (χ1) is 13.6. The lowest BCUT2D eigenvalue weighted by atomic mass is 10.1. The van der Waals surface area contributed by atoms with Crippen molar-refractivity contribution in [2.75, 3.05) is 5.73 Å². The first-order valence-electron chi connectivity index (χ1n) is 8.53. The molecular weight excluding hydrogens is 355 g/mol. The molecule has 4 rings (SSSR count). The summed E-state index contributed by atoms with van der Waals surface area (Å²) in [7, 11) is 0. The average Bonchev–Trinajstić information content (AvgIpc) is 3.12. The molecule has 0 saturated carbocycles. The van der Waals surface area contributed by atoms with E-state index in [1.807, 2.05) is 16.7 Å². The molecule has 2 aromatic heterocycles. The molecule has 0 saturated heterocycles. The maximum atomic E-state index is 13.3. The highest BCUT2D eigenvalue weighted by Crippen LogP contribution is 2.31. The van der Waals surface area contributed by atoms with Gasteiger partial charge in [-0.3, -0.25) is 0 Å². The largest absolute Gasteiger partial charge is 0.368 e. The number of nitrogens with two attached hydrogens (primary N) is 1. The summed E-state index contributed by atoms with van der Waals surface area (Å²) < 4.78 is 15.3. The Morgan fingerprint density at radius 1 is 1.00 bits per heavy atom. The van der Waals surface area contributed by atoms with Crippen LogP contribution in [0, 0.1) is 17.1 Å². The van der Waals surface area contributed by atoms with Crippen molar-refractivity contribution in [3.8, 4) is 28.7 Å². The number of halogens is 1. The number of anilines is 1. The van der Waals surface area contributed by atoms with E-state index in [0.29, 0.717) is 23.5 Å². The zero-order valence-corrected chi connectivity index (χ0v) is 14.7. The highest BCUT2D eigenvalue weighted by Gasteiger charge is 2.17. The third kappa shape index (κ3) is 3.44. The molecule has 0 radical (unpaired) electrons. The van der Waals surface area contributed by atoms with Gasteiger partial charge < -0.3 is 10.3 Å². The second-order valence-corrected chi connectivity index (χ2v) is 6.19. The molecule has 0 aliphatic carbocycles. The summed E-state index contributed by atoms with van der Waals surface area (Å²) in [6.07, 6.45) is 3.30. The Kier molecular flexibility index (Phi) is 4.52. The first kappa shape index (κ1) is 17.4. The van der Waals surface area contributed by atoms with Crippen LogP contribution in [0.1, 0.15) is 11.1 Å². The first-order valence-corrected chi connectivity index (χ1v) is 8.53. The smallest absolute Gasteiger partial charge is 0.220 e. The lowest BCUT2D eigenvalue weighted by Crippen LogP contribution is -2.04. The van der Waals surface area contributed by atoms with Crippen molar-refractivity contribution in [3.05, 3.63) is 84.1 Å². The summed E-state index contributed by atoms with van der Waals surface area (Å²) in [5, 5.41) is 8.97. The molecule has 0 fully saturated rings. The van der Waals surface area contributed by atoms with Gasteiger partial charge in [0.1, 0.15) is 5.82 Å². The number of nitriles is 1. The number of rotatable bonds is 4. The van der Waals surface area contributed by atoms with Gasteiger partial charge in [-0.1, -0.05) is 12.1 Å². The topological polar surface area (TPSA) is 93.4 Å². The van der Waals surface area contributed by atoms with Crippen LogP contribution in [0.2, 0.25) is 0 Å². The molecule has 4 aromatic rings. The molecule has 0 aliphatic rings. The number of nitrogen functional groups attached to an aromatic ring is 1. The lowest BCUT2D eigenvalue weighted by molar-refractivity contribution is 0.628. The maximum absolute atomic E-state index is 13.3. The van der Waals surface area contributed by atoms with Gasteiger partial charge in [0, 0.05) is 18.3 Å². The van der Waals surface area contributed by atoms with Crippen molar-refractivity contribution >= 4 is 5.95 Å². The molecule has 28 heavy (non-hydrogen) atoms. The zero-order chi connectivity index (χ0) is 19.5. The van der Waals surface area contributed by atoms with Crippen LogP contribution < -0.4 is 5.73 Å². The molecular formula is C21H15FN6. The summed E-state index contributed by atoms with van der Waals surface area (Å²) in [6, 6.07) is 17.4. The van der Waals surface area contributed by atoms with E-state index in [4.69, 9.17) is 11.0 Å². The number of nitrogens with zero attached hydrogens (tertiary/aromatic N) is 5.